The average molecular weight is 553 g/mol. The zero-order valence-electron chi connectivity index (χ0n) is 22.1. The summed E-state index contributed by atoms with van der Waals surface area (Å²) in [4.78, 5) is 38.9. The molecule has 2 aliphatic heterocycles. The molecule has 1 aliphatic carbocycles. The molecule has 2 atom stereocenters. The van der Waals surface area contributed by atoms with Crippen LogP contribution in [0.2, 0.25) is 0 Å². The Bertz CT molecular complexity index is 1730. The van der Waals surface area contributed by atoms with E-state index in [0.29, 0.717) is 42.0 Å². The van der Waals surface area contributed by atoms with Crippen LogP contribution in [0.4, 0.5) is 10.5 Å². The number of hydrogen-bond acceptors (Lipinski definition) is 8. The van der Waals surface area contributed by atoms with Crippen molar-refractivity contribution in [2.45, 2.75) is 57.7 Å². The number of carbonyl (C=O) groups excluding carboxylic acids is 1. The van der Waals surface area contributed by atoms with E-state index in [2.05, 4.69) is 11.4 Å². The van der Waals surface area contributed by atoms with Gasteiger partial charge in [-0.1, -0.05) is 12.1 Å². The number of ether oxygens (including phenoxy) is 1. The summed E-state index contributed by atoms with van der Waals surface area (Å²) >= 11 is 1.73. The third-order valence-corrected chi connectivity index (χ3v) is 9.43. The molecule has 1 amide bonds. The van der Waals surface area contributed by atoms with Crippen LogP contribution in [0.15, 0.2) is 41.2 Å². The molecule has 2 fully saturated rings. The van der Waals surface area contributed by atoms with Crippen LogP contribution in [0, 0.1) is 18.3 Å². The summed E-state index contributed by atoms with van der Waals surface area (Å²) in [5.41, 5.74) is 5.08. The van der Waals surface area contributed by atoms with Crippen LogP contribution >= 0.6 is 11.3 Å². The van der Waals surface area contributed by atoms with Crippen LogP contribution in [0.5, 0.6) is 0 Å². The molecule has 202 valence electrons. The molecule has 0 radical (unpaired) electrons. The second-order valence-electron chi connectivity index (χ2n) is 10.8. The first kappa shape index (κ1) is 24.8. The van der Waals surface area contributed by atoms with Gasteiger partial charge in [0, 0.05) is 28.7 Å². The molecule has 2 aromatic carbocycles. The number of anilines is 1. The summed E-state index contributed by atoms with van der Waals surface area (Å²) in [5, 5.41) is 14.3. The minimum Gasteiger partial charge on any atom is -0.447 e. The summed E-state index contributed by atoms with van der Waals surface area (Å²) in [6.45, 7) is 3.29. The minimum atomic E-state index is -0.226. The molecule has 1 N–H and O–H groups in total. The van der Waals surface area contributed by atoms with E-state index in [1.54, 1.807) is 28.0 Å². The number of aryl methyl sites for hydroxylation is 3. The number of piperidine rings is 1. The van der Waals surface area contributed by atoms with Gasteiger partial charge in [-0.3, -0.25) is 9.36 Å². The predicted octanol–water partition coefficient (Wildman–Crippen LogP) is 4.63. The molecule has 0 bridgehead atoms. The van der Waals surface area contributed by atoms with Crippen molar-refractivity contribution in [1.29, 1.82) is 5.26 Å². The Balaban J connectivity index is 1.29. The van der Waals surface area contributed by atoms with Crippen molar-refractivity contribution in [2.24, 2.45) is 0 Å². The fourth-order valence-electron chi connectivity index (χ4n) is 6.09. The van der Waals surface area contributed by atoms with Crippen molar-refractivity contribution < 1.29 is 9.53 Å². The standard InChI is InChI=1S/C30H28N6O3S/c1-17-32-26-12-22(28-34-24-3-2-4-27(24)40-28)25(33-20-9-10-35-21(11-20)16-39-30(35)38)13-23(26)29(37)36(17)15-19-7-5-18(14-31)6-8-19/h5-8,12-13,20-21,33H,2-4,9-11,15-16H2,1H3/t20-,21-/m0/s1. The molecule has 3 aliphatic rings. The minimum absolute atomic E-state index is 0.0697. The third kappa shape index (κ3) is 4.31. The first-order valence-corrected chi connectivity index (χ1v) is 14.5. The highest BCUT2D eigenvalue weighted by Crippen LogP contribution is 2.39. The summed E-state index contributed by atoms with van der Waals surface area (Å²) < 4.78 is 6.95. The summed E-state index contributed by atoms with van der Waals surface area (Å²) in [5.74, 6) is 0.633. The molecule has 10 heteroatoms. The van der Waals surface area contributed by atoms with Gasteiger partial charge >= 0.3 is 6.09 Å². The Hall–Kier alpha value is -4.23. The van der Waals surface area contributed by atoms with E-state index in [-0.39, 0.29) is 23.7 Å². The number of nitrogens with one attached hydrogen (secondary N) is 1. The largest absolute Gasteiger partial charge is 0.447 e. The van der Waals surface area contributed by atoms with Crippen LogP contribution in [-0.2, 0) is 24.1 Å². The van der Waals surface area contributed by atoms with Crippen molar-refractivity contribution >= 4 is 34.0 Å². The number of amides is 1. The SMILES string of the molecule is Cc1nc2cc(-c3nc4c(s3)CCC4)c(N[C@H]3CCN4C(=O)OC[C@@H]4C3)cc2c(=O)n1Cc1ccc(C#N)cc1. The quantitative estimate of drug-likeness (QED) is 0.384. The molecule has 40 heavy (non-hydrogen) atoms. The number of cyclic esters (lactones) is 1. The number of carbonyl (C=O) groups is 1. The van der Waals surface area contributed by atoms with Crippen molar-refractivity contribution in [3.8, 4) is 16.6 Å². The molecule has 4 aromatic rings. The molecule has 2 saturated heterocycles. The first-order chi connectivity index (χ1) is 19.5. The van der Waals surface area contributed by atoms with Crippen molar-refractivity contribution in [1.82, 2.24) is 19.4 Å². The van der Waals surface area contributed by atoms with Gasteiger partial charge in [0.25, 0.3) is 5.56 Å². The smallest absolute Gasteiger partial charge is 0.410 e. The number of rotatable bonds is 5. The van der Waals surface area contributed by atoms with Gasteiger partial charge in [0.2, 0.25) is 0 Å². The molecular formula is C30H28N6O3S. The second kappa shape index (κ2) is 9.75. The number of nitriles is 1. The van der Waals surface area contributed by atoms with Crippen LogP contribution in [-0.4, -0.2) is 50.8 Å². The highest BCUT2D eigenvalue weighted by atomic mass is 32.1. The number of hydrogen-bond donors (Lipinski definition) is 1. The molecule has 7 rings (SSSR count). The maximum Gasteiger partial charge on any atom is 0.410 e. The van der Waals surface area contributed by atoms with Crippen LogP contribution in [0.3, 0.4) is 0 Å². The lowest BCUT2D eigenvalue weighted by atomic mass is 9.97. The Morgan fingerprint density at radius 1 is 1.18 bits per heavy atom. The van der Waals surface area contributed by atoms with Gasteiger partial charge in [0.15, 0.2) is 0 Å². The van der Waals surface area contributed by atoms with Crippen molar-refractivity contribution in [3.63, 3.8) is 0 Å². The average Bonchev–Trinajstić information content (AvgIpc) is 3.67. The van der Waals surface area contributed by atoms with Gasteiger partial charge in [-0.05, 0) is 68.9 Å². The summed E-state index contributed by atoms with van der Waals surface area (Å²) in [7, 11) is 0. The van der Waals surface area contributed by atoms with E-state index in [0.717, 1.165) is 53.9 Å². The second-order valence-corrected chi connectivity index (χ2v) is 11.9. The van der Waals surface area contributed by atoms with E-state index < -0.39 is 0 Å². The fraction of sp³-hybridized carbons (Fsp3) is 0.367. The predicted molar refractivity (Wildman–Crippen MR) is 153 cm³/mol. The maximum atomic E-state index is 13.8. The number of aromatic nitrogens is 3. The number of thiazole rings is 1. The summed E-state index contributed by atoms with van der Waals surface area (Å²) in [6, 6.07) is 13.5. The van der Waals surface area contributed by atoms with Crippen molar-refractivity contribution in [2.75, 3.05) is 18.5 Å². The summed E-state index contributed by atoms with van der Waals surface area (Å²) in [6.07, 6.45) is 4.58. The fourth-order valence-corrected chi connectivity index (χ4v) is 7.27. The molecule has 9 nitrogen and oxygen atoms in total. The molecule has 4 heterocycles. The highest BCUT2D eigenvalue weighted by molar-refractivity contribution is 7.15. The zero-order chi connectivity index (χ0) is 27.4. The topological polar surface area (TPSA) is 113 Å². The third-order valence-electron chi connectivity index (χ3n) is 8.24. The lowest BCUT2D eigenvalue weighted by molar-refractivity contribution is 0.153. The Labute approximate surface area is 235 Å². The van der Waals surface area contributed by atoms with Gasteiger partial charge < -0.3 is 15.0 Å². The van der Waals surface area contributed by atoms with Gasteiger partial charge in [-0.2, -0.15) is 5.26 Å². The van der Waals surface area contributed by atoms with Crippen LogP contribution in [0.25, 0.3) is 21.5 Å². The van der Waals surface area contributed by atoms with Crippen LogP contribution < -0.4 is 10.9 Å². The molecule has 2 aromatic heterocycles. The van der Waals surface area contributed by atoms with E-state index in [1.807, 2.05) is 36.1 Å². The van der Waals surface area contributed by atoms with E-state index in [4.69, 9.17) is 20.0 Å². The van der Waals surface area contributed by atoms with Gasteiger partial charge in [-0.15, -0.1) is 11.3 Å². The van der Waals surface area contributed by atoms with Gasteiger partial charge in [0.1, 0.15) is 17.4 Å². The zero-order valence-corrected chi connectivity index (χ0v) is 23.0. The monoisotopic (exact) mass is 552 g/mol. The lowest BCUT2D eigenvalue weighted by Crippen LogP contribution is -2.45. The Kier molecular flexibility index (Phi) is 6.04. The molecule has 0 spiro atoms. The molecule has 0 saturated carbocycles. The molecular weight excluding hydrogens is 524 g/mol. The van der Waals surface area contributed by atoms with Gasteiger partial charge in [-0.25, -0.2) is 14.8 Å². The van der Waals surface area contributed by atoms with Crippen LogP contribution in [0.1, 0.15) is 46.8 Å². The maximum absolute atomic E-state index is 13.8. The van der Waals surface area contributed by atoms with E-state index in [1.165, 1.54) is 10.6 Å². The Morgan fingerprint density at radius 2 is 2.02 bits per heavy atom. The van der Waals surface area contributed by atoms with Gasteiger partial charge in [0.05, 0.1) is 40.8 Å². The lowest BCUT2D eigenvalue weighted by Gasteiger charge is -2.33. The Morgan fingerprint density at radius 3 is 2.83 bits per heavy atom. The first-order valence-electron chi connectivity index (χ1n) is 13.7. The van der Waals surface area contributed by atoms with Crippen molar-refractivity contribution in [3.05, 3.63) is 74.3 Å². The molecule has 0 unspecified atom stereocenters. The normalized spacial score (nSPS) is 19.8. The number of nitrogens with zero attached hydrogens (tertiary/aromatic N) is 5. The number of benzene rings is 2. The number of fused-ring (bicyclic) bond motifs is 3. The van der Waals surface area contributed by atoms with E-state index >= 15 is 0 Å². The van der Waals surface area contributed by atoms with E-state index in [9.17, 15) is 9.59 Å². The highest BCUT2D eigenvalue weighted by Gasteiger charge is 2.38.